The summed E-state index contributed by atoms with van der Waals surface area (Å²) in [6.07, 6.45) is 3.28. The molecule has 1 fully saturated rings. The lowest BCUT2D eigenvalue weighted by Crippen LogP contribution is -2.43. The normalized spacial score (nSPS) is 19.0. The van der Waals surface area contributed by atoms with Crippen LogP contribution in [-0.4, -0.2) is 29.0 Å². The molecule has 0 unspecified atom stereocenters. The molecular weight excluding hydrogens is 275 g/mol. The maximum Gasteiger partial charge on any atom is 0.281 e. The topological polar surface area (TPSA) is 85.3 Å². The largest absolute Gasteiger partial charge is 0.366 e. The van der Waals surface area contributed by atoms with Crippen molar-refractivity contribution in [1.82, 2.24) is 4.98 Å². The first-order valence-electron chi connectivity index (χ1n) is 6.80. The minimum atomic E-state index is -0.623. The molecule has 2 heterocycles. The fraction of sp³-hybridized carbons (Fsp3) is 0.357. The highest BCUT2D eigenvalue weighted by Gasteiger charge is 2.26. The highest BCUT2D eigenvalue weighted by Crippen LogP contribution is 2.35. The zero-order chi connectivity index (χ0) is 15.0. The van der Waals surface area contributed by atoms with Crippen LogP contribution in [0.5, 0.6) is 0 Å². The van der Waals surface area contributed by atoms with Crippen LogP contribution in [0.4, 0.5) is 15.8 Å². The molecule has 0 bridgehead atoms. The van der Waals surface area contributed by atoms with E-state index in [-0.39, 0.29) is 11.7 Å². The van der Waals surface area contributed by atoms with Gasteiger partial charge in [-0.25, -0.2) is 4.39 Å². The third-order valence-corrected chi connectivity index (χ3v) is 3.77. The minimum Gasteiger partial charge on any atom is -0.366 e. The second kappa shape index (κ2) is 5.25. The number of nitrogens with zero attached hydrogens (tertiary/aromatic N) is 3. The van der Waals surface area contributed by atoms with Crippen molar-refractivity contribution >= 4 is 22.3 Å². The second-order valence-corrected chi connectivity index (χ2v) is 5.23. The molecule has 0 saturated carbocycles. The molecule has 2 aromatic rings. The van der Waals surface area contributed by atoms with Gasteiger partial charge in [0, 0.05) is 25.3 Å². The Hall–Kier alpha value is -2.28. The van der Waals surface area contributed by atoms with Gasteiger partial charge in [-0.15, -0.1) is 0 Å². The first-order valence-corrected chi connectivity index (χ1v) is 6.80. The van der Waals surface area contributed by atoms with Crippen LogP contribution in [-0.2, 0) is 0 Å². The molecule has 7 heteroatoms. The second-order valence-electron chi connectivity index (χ2n) is 5.23. The summed E-state index contributed by atoms with van der Waals surface area (Å²) in [5.41, 5.74) is 6.31. The third-order valence-electron chi connectivity index (χ3n) is 3.77. The minimum absolute atomic E-state index is 0.0212. The number of hydrogen-bond donors (Lipinski definition) is 1. The summed E-state index contributed by atoms with van der Waals surface area (Å²) in [7, 11) is 0. The van der Waals surface area contributed by atoms with E-state index in [0.29, 0.717) is 29.7 Å². The van der Waals surface area contributed by atoms with Gasteiger partial charge in [0.1, 0.15) is 11.2 Å². The molecule has 1 saturated heterocycles. The van der Waals surface area contributed by atoms with Gasteiger partial charge in [-0.2, -0.15) is 0 Å². The molecule has 21 heavy (non-hydrogen) atoms. The molecule has 0 aliphatic carbocycles. The number of rotatable bonds is 2. The molecule has 1 aromatic heterocycles. The average molecular weight is 290 g/mol. The van der Waals surface area contributed by atoms with Gasteiger partial charge in [0.15, 0.2) is 5.82 Å². The number of fused-ring (bicyclic) bond motifs is 1. The van der Waals surface area contributed by atoms with Gasteiger partial charge in [-0.1, -0.05) is 0 Å². The number of nitrogens with two attached hydrogens (primary N) is 1. The van der Waals surface area contributed by atoms with E-state index in [1.165, 1.54) is 6.20 Å². The van der Waals surface area contributed by atoms with Gasteiger partial charge in [0.2, 0.25) is 0 Å². The molecule has 110 valence electrons. The summed E-state index contributed by atoms with van der Waals surface area (Å²) in [5, 5.41) is 11.4. The van der Waals surface area contributed by atoms with Crippen LogP contribution in [0.3, 0.4) is 0 Å². The van der Waals surface area contributed by atoms with Crippen LogP contribution in [0.2, 0.25) is 0 Å². The van der Waals surface area contributed by atoms with Crippen LogP contribution < -0.4 is 10.6 Å². The van der Waals surface area contributed by atoms with Crippen molar-refractivity contribution in [3.63, 3.8) is 0 Å². The first kappa shape index (κ1) is 13.7. The smallest absolute Gasteiger partial charge is 0.281 e. The highest BCUT2D eigenvalue weighted by molar-refractivity contribution is 5.97. The van der Waals surface area contributed by atoms with Crippen LogP contribution >= 0.6 is 0 Å². The van der Waals surface area contributed by atoms with E-state index in [4.69, 9.17) is 5.73 Å². The maximum atomic E-state index is 14.4. The summed E-state index contributed by atoms with van der Waals surface area (Å²) < 4.78 is 14.4. The molecule has 2 N–H and O–H groups in total. The van der Waals surface area contributed by atoms with Crippen LogP contribution in [0.1, 0.15) is 12.8 Å². The fourth-order valence-electron chi connectivity index (χ4n) is 2.84. The zero-order valence-electron chi connectivity index (χ0n) is 11.3. The van der Waals surface area contributed by atoms with Crippen molar-refractivity contribution in [2.45, 2.75) is 18.9 Å². The van der Waals surface area contributed by atoms with Crippen LogP contribution in [0.15, 0.2) is 24.4 Å². The number of benzene rings is 1. The number of nitro benzene ring substituents is 1. The molecular formula is C14H15FN4O2. The van der Waals surface area contributed by atoms with Crippen molar-refractivity contribution in [3.8, 4) is 0 Å². The van der Waals surface area contributed by atoms with E-state index < -0.39 is 10.7 Å². The molecule has 1 aliphatic heterocycles. The Morgan fingerprint density at radius 2 is 2.33 bits per heavy atom. The molecule has 0 amide bonds. The molecule has 0 radical (unpaired) electrons. The standard InChI is InChI=1S/C14H15FN4O2/c15-11-7-12(19(20)21)10-4-1-5-17-13(10)14(11)18-6-2-3-9(16)8-18/h1,4-5,7,9H,2-3,6,8,16H2/t9-/m1/s1. The number of hydrogen-bond acceptors (Lipinski definition) is 5. The summed E-state index contributed by atoms with van der Waals surface area (Å²) >= 11 is 0. The van der Waals surface area contributed by atoms with Gasteiger partial charge in [-0.3, -0.25) is 15.1 Å². The van der Waals surface area contributed by atoms with E-state index in [0.717, 1.165) is 18.9 Å². The Kier molecular flexibility index (Phi) is 3.42. The Balaban J connectivity index is 2.21. The summed E-state index contributed by atoms with van der Waals surface area (Å²) in [6.45, 7) is 1.20. The lowest BCUT2D eigenvalue weighted by Gasteiger charge is -2.33. The van der Waals surface area contributed by atoms with Crippen molar-refractivity contribution in [2.75, 3.05) is 18.0 Å². The lowest BCUT2D eigenvalue weighted by atomic mass is 10.0. The predicted molar refractivity (Wildman–Crippen MR) is 77.8 cm³/mol. The van der Waals surface area contributed by atoms with Gasteiger partial charge in [0.25, 0.3) is 5.69 Å². The third kappa shape index (κ3) is 2.40. The first-order chi connectivity index (χ1) is 10.1. The van der Waals surface area contributed by atoms with Gasteiger partial charge < -0.3 is 10.6 Å². The van der Waals surface area contributed by atoms with E-state index >= 15 is 0 Å². The number of halogens is 1. The Morgan fingerprint density at radius 3 is 3.05 bits per heavy atom. The molecule has 1 aliphatic rings. The van der Waals surface area contributed by atoms with Crippen LogP contribution in [0.25, 0.3) is 10.9 Å². The van der Waals surface area contributed by atoms with E-state index in [9.17, 15) is 14.5 Å². The van der Waals surface area contributed by atoms with E-state index in [2.05, 4.69) is 4.98 Å². The number of piperidine rings is 1. The number of nitro groups is 1. The maximum absolute atomic E-state index is 14.4. The van der Waals surface area contributed by atoms with E-state index in [1.54, 1.807) is 12.1 Å². The molecule has 0 spiro atoms. The van der Waals surface area contributed by atoms with Crippen molar-refractivity contribution in [3.05, 3.63) is 40.3 Å². The highest BCUT2D eigenvalue weighted by atomic mass is 19.1. The van der Waals surface area contributed by atoms with Crippen molar-refractivity contribution in [1.29, 1.82) is 0 Å². The summed E-state index contributed by atoms with van der Waals surface area (Å²) in [6, 6.07) is 4.15. The van der Waals surface area contributed by atoms with E-state index in [1.807, 2.05) is 4.90 Å². The lowest BCUT2D eigenvalue weighted by molar-refractivity contribution is -0.383. The predicted octanol–water partition coefficient (Wildman–Crippen LogP) is 2.21. The molecule has 3 rings (SSSR count). The van der Waals surface area contributed by atoms with Crippen LogP contribution in [0, 0.1) is 15.9 Å². The molecule has 6 nitrogen and oxygen atoms in total. The summed E-state index contributed by atoms with van der Waals surface area (Å²) in [5.74, 6) is -0.623. The average Bonchev–Trinajstić information content (AvgIpc) is 2.46. The Bertz CT molecular complexity index is 707. The number of pyridine rings is 1. The number of anilines is 1. The van der Waals surface area contributed by atoms with Gasteiger partial charge in [-0.05, 0) is 25.0 Å². The quantitative estimate of drug-likeness (QED) is 0.677. The number of non-ortho nitro benzene ring substituents is 1. The Morgan fingerprint density at radius 1 is 1.52 bits per heavy atom. The molecule has 1 atom stereocenters. The van der Waals surface area contributed by atoms with Gasteiger partial charge in [0.05, 0.1) is 16.4 Å². The Labute approximate surface area is 120 Å². The summed E-state index contributed by atoms with van der Waals surface area (Å²) in [4.78, 5) is 16.5. The molecule has 1 aromatic carbocycles. The van der Waals surface area contributed by atoms with Crippen molar-refractivity contribution in [2.24, 2.45) is 5.73 Å². The SMILES string of the molecule is N[C@@H]1CCCN(c2c(F)cc([N+](=O)[O-])c3cccnc23)C1. The monoisotopic (exact) mass is 290 g/mol. The van der Waals surface area contributed by atoms with Gasteiger partial charge >= 0.3 is 0 Å². The zero-order valence-corrected chi connectivity index (χ0v) is 11.3. The fourth-order valence-corrected chi connectivity index (χ4v) is 2.84. The van der Waals surface area contributed by atoms with Crippen molar-refractivity contribution < 1.29 is 9.31 Å². The number of aromatic nitrogens is 1.